The number of hydrogen-bond acceptors (Lipinski definition) is 3. The van der Waals surface area contributed by atoms with Crippen molar-refractivity contribution in [2.24, 2.45) is 0 Å². The van der Waals surface area contributed by atoms with E-state index in [1.54, 1.807) is 4.90 Å². The summed E-state index contributed by atoms with van der Waals surface area (Å²) in [7, 11) is 0. The van der Waals surface area contributed by atoms with E-state index < -0.39 is 0 Å². The molecule has 30 heavy (non-hydrogen) atoms. The quantitative estimate of drug-likeness (QED) is 0.675. The number of nitrogens with zero attached hydrogens (tertiary/aromatic N) is 2. The Bertz CT molecular complexity index is 823. The highest BCUT2D eigenvalue weighted by Gasteiger charge is 2.32. The van der Waals surface area contributed by atoms with Crippen LogP contribution in [0.4, 0.5) is 10.5 Å². The predicted molar refractivity (Wildman–Crippen MR) is 119 cm³/mol. The largest absolute Gasteiger partial charge is 0.494 e. The molecule has 0 radical (unpaired) electrons. The van der Waals surface area contributed by atoms with E-state index in [9.17, 15) is 9.59 Å². The molecule has 1 N–H and O–H groups in total. The molecule has 2 aromatic carbocycles. The number of rotatable bonds is 9. The molecule has 0 aliphatic carbocycles. The number of amides is 3. The van der Waals surface area contributed by atoms with E-state index in [2.05, 4.69) is 12.2 Å². The monoisotopic (exact) mass is 409 g/mol. The fourth-order valence-electron chi connectivity index (χ4n) is 3.61. The lowest BCUT2D eigenvalue weighted by atomic mass is 10.2. The molecule has 0 unspecified atom stereocenters. The Morgan fingerprint density at radius 3 is 2.53 bits per heavy atom. The first-order chi connectivity index (χ1) is 14.6. The van der Waals surface area contributed by atoms with Gasteiger partial charge in [0.25, 0.3) is 0 Å². The van der Waals surface area contributed by atoms with Crippen LogP contribution < -0.4 is 15.0 Å². The summed E-state index contributed by atoms with van der Waals surface area (Å²) in [5.74, 6) is 0.804. The summed E-state index contributed by atoms with van der Waals surface area (Å²) in [5, 5.41) is 3.07. The van der Waals surface area contributed by atoms with Gasteiger partial charge in [0.1, 0.15) is 5.75 Å². The van der Waals surface area contributed by atoms with Gasteiger partial charge in [-0.25, -0.2) is 4.79 Å². The molecule has 1 saturated heterocycles. The SMILES string of the molecule is CCCCN(Cc1ccccc1)C(=O)N[C@H]1CC(=O)N(c2ccc(OCC)cc2)C1. The van der Waals surface area contributed by atoms with Crippen LogP contribution in [0.5, 0.6) is 5.75 Å². The number of nitrogens with one attached hydrogen (secondary N) is 1. The van der Waals surface area contributed by atoms with Crippen LogP contribution >= 0.6 is 0 Å². The van der Waals surface area contributed by atoms with Crippen LogP contribution in [0.1, 0.15) is 38.7 Å². The van der Waals surface area contributed by atoms with Crippen LogP contribution in [0.2, 0.25) is 0 Å². The van der Waals surface area contributed by atoms with Crippen LogP contribution in [-0.4, -0.2) is 42.6 Å². The van der Waals surface area contributed by atoms with Gasteiger partial charge in [-0.1, -0.05) is 43.7 Å². The van der Waals surface area contributed by atoms with Gasteiger partial charge in [-0.05, 0) is 43.2 Å². The topological polar surface area (TPSA) is 61.9 Å². The molecule has 1 aliphatic rings. The molecule has 0 saturated carbocycles. The number of anilines is 1. The number of carbonyl (C=O) groups is 2. The summed E-state index contributed by atoms with van der Waals surface area (Å²) in [4.78, 5) is 29.1. The maximum atomic E-state index is 12.9. The number of carbonyl (C=O) groups excluding carboxylic acids is 2. The first-order valence-electron chi connectivity index (χ1n) is 10.7. The molecule has 1 heterocycles. The maximum absolute atomic E-state index is 12.9. The summed E-state index contributed by atoms with van der Waals surface area (Å²) in [6, 6.07) is 17.2. The highest BCUT2D eigenvalue weighted by atomic mass is 16.5. The maximum Gasteiger partial charge on any atom is 0.317 e. The molecule has 0 spiro atoms. The molecule has 3 rings (SSSR count). The van der Waals surface area contributed by atoms with Crippen LogP contribution in [-0.2, 0) is 11.3 Å². The number of urea groups is 1. The lowest BCUT2D eigenvalue weighted by molar-refractivity contribution is -0.117. The number of ether oxygens (including phenoxy) is 1. The van der Waals surface area contributed by atoms with Gasteiger partial charge < -0.3 is 19.9 Å². The Hall–Kier alpha value is -3.02. The standard InChI is InChI=1S/C24H31N3O3/c1-3-5-15-26(17-19-9-7-6-8-10-19)24(29)25-20-16-23(28)27(18-20)21-11-13-22(14-12-21)30-4-2/h6-14,20H,3-5,15-18H2,1-2H3,(H,25,29)/t20-/m0/s1. The highest BCUT2D eigenvalue weighted by molar-refractivity contribution is 5.96. The molecule has 0 bridgehead atoms. The van der Waals surface area contributed by atoms with E-state index in [0.29, 0.717) is 32.7 Å². The Balaban J connectivity index is 1.61. The van der Waals surface area contributed by atoms with Gasteiger partial charge in [0, 0.05) is 31.7 Å². The van der Waals surface area contributed by atoms with Crippen LogP contribution in [0.25, 0.3) is 0 Å². The summed E-state index contributed by atoms with van der Waals surface area (Å²) in [6.07, 6.45) is 2.28. The zero-order chi connectivity index (χ0) is 21.3. The second-order valence-electron chi connectivity index (χ2n) is 7.54. The second-order valence-corrected chi connectivity index (χ2v) is 7.54. The van der Waals surface area contributed by atoms with Crippen molar-refractivity contribution in [2.75, 3.05) is 24.6 Å². The third-order valence-corrected chi connectivity index (χ3v) is 5.20. The van der Waals surface area contributed by atoms with Crippen molar-refractivity contribution in [2.45, 2.75) is 45.7 Å². The molecular formula is C24H31N3O3. The minimum absolute atomic E-state index is 0.0210. The Morgan fingerprint density at radius 2 is 1.87 bits per heavy atom. The third-order valence-electron chi connectivity index (χ3n) is 5.20. The zero-order valence-corrected chi connectivity index (χ0v) is 17.8. The average Bonchev–Trinajstić information content (AvgIpc) is 3.12. The van der Waals surface area contributed by atoms with Crippen molar-refractivity contribution in [3.8, 4) is 5.75 Å². The van der Waals surface area contributed by atoms with Gasteiger partial charge in [0.15, 0.2) is 0 Å². The Kier molecular flexibility index (Phi) is 7.71. The first kappa shape index (κ1) is 21.7. The summed E-state index contributed by atoms with van der Waals surface area (Å²) in [5.41, 5.74) is 1.93. The Morgan fingerprint density at radius 1 is 1.13 bits per heavy atom. The molecule has 3 amide bonds. The molecule has 6 heteroatoms. The molecule has 1 atom stereocenters. The van der Waals surface area contributed by atoms with Crippen molar-refractivity contribution in [3.05, 3.63) is 60.2 Å². The first-order valence-corrected chi connectivity index (χ1v) is 10.7. The van der Waals surface area contributed by atoms with Crippen LogP contribution in [0.15, 0.2) is 54.6 Å². The lowest BCUT2D eigenvalue weighted by Crippen LogP contribution is -2.45. The van der Waals surface area contributed by atoms with Gasteiger partial charge in [-0.2, -0.15) is 0 Å². The highest BCUT2D eigenvalue weighted by Crippen LogP contribution is 2.24. The van der Waals surface area contributed by atoms with E-state index in [1.165, 1.54) is 0 Å². The molecular weight excluding hydrogens is 378 g/mol. The fraction of sp³-hybridized carbons (Fsp3) is 0.417. The molecule has 160 valence electrons. The van der Waals surface area contributed by atoms with E-state index in [4.69, 9.17) is 4.74 Å². The molecule has 1 aliphatic heterocycles. The van der Waals surface area contributed by atoms with Crippen LogP contribution in [0.3, 0.4) is 0 Å². The summed E-state index contributed by atoms with van der Waals surface area (Å²) in [6.45, 7) is 6.39. The number of unbranched alkanes of at least 4 members (excludes halogenated alkanes) is 1. The van der Waals surface area contributed by atoms with Crippen molar-refractivity contribution in [3.63, 3.8) is 0 Å². The average molecular weight is 410 g/mol. The van der Waals surface area contributed by atoms with E-state index in [-0.39, 0.29) is 18.0 Å². The minimum Gasteiger partial charge on any atom is -0.494 e. The Labute approximate surface area is 178 Å². The van der Waals surface area contributed by atoms with E-state index >= 15 is 0 Å². The molecule has 2 aromatic rings. The van der Waals surface area contributed by atoms with Crippen LogP contribution in [0, 0.1) is 0 Å². The van der Waals surface area contributed by atoms with Crippen molar-refractivity contribution < 1.29 is 14.3 Å². The smallest absolute Gasteiger partial charge is 0.317 e. The van der Waals surface area contributed by atoms with E-state index in [1.807, 2.05) is 66.4 Å². The van der Waals surface area contributed by atoms with Gasteiger partial charge >= 0.3 is 6.03 Å². The predicted octanol–water partition coefficient (Wildman–Crippen LogP) is 4.20. The minimum atomic E-state index is -0.198. The zero-order valence-electron chi connectivity index (χ0n) is 17.8. The van der Waals surface area contributed by atoms with Crippen molar-refractivity contribution in [1.82, 2.24) is 10.2 Å². The van der Waals surface area contributed by atoms with Gasteiger partial charge in [-0.3, -0.25) is 4.79 Å². The molecule has 6 nitrogen and oxygen atoms in total. The number of benzene rings is 2. The molecule has 0 aromatic heterocycles. The molecule has 1 fully saturated rings. The van der Waals surface area contributed by atoms with Gasteiger partial charge in [-0.15, -0.1) is 0 Å². The fourth-order valence-corrected chi connectivity index (χ4v) is 3.61. The third kappa shape index (κ3) is 5.75. The van der Waals surface area contributed by atoms with Gasteiger partial charge in [0.05, 0.1) is 12.6 Å². The summed E-state index contributed by atoms with van der Waals surface area (Å²) < 4.78 is 5.47. The lowest BCUT2D eigenvalue weighted by Gasteiger charge is -2.25. The van der Waals surface area contributed by atoms with Crippen molar-refractivity contribution >= 4 is 17.6 Å². The number of hydrogen-bond donors (Lipinski definition) is 1. The normalized spacial score (nSPS) is 15.9. The van der Waals surface area contributed by atoms with Gasteiger partial charge in [0.2, 0.25) is 5.91 Å². The van der Waals surface area contributed by atoms with Crippen molar-refractivity contribution in [1.29, 1.82) is 0 Å². The second kappa shape index (κ2) is 10.7. The summed E-state index contributed by atoms with van der Waals surface area (Å²) >= 11 is 0. The van der Waals surface area contributed by atoms with E-state index in [0.717, 1.165) is 29.8 Å².